The lowest BCUT2D eigenvalue weighted by Gasteiger charge is -2.31. The van der Waals surface area contributed by atoms with Crippen LogP contribution < -0.4 is 5.32 Å². The van der Waals surface area contributed by atoms with Crippen LogP contribution in [0.15, 0.2) is 16.8 Å². The normalized spacial score (nSPS) is 20.1. The average Bonchev–Trinajstić information content (AvgIpc) is 3.48. The molecule has 0 spiro atoms. The fourth-order valence-electron chi connectivity index (χ4n) is 4.33. The van der Waals surface area contributed by atoms with E-state index >= 15 is 0 Å². The van der Waals surface area contributed by atoms with Crippen LogP contribution in [0.25, 0.3) is 22.4 Å². The monoisotopic (exact) mass is 409 g/mol. The van der Waals surface area contributed by atoms with Gasteiger partial charge in [-0.05, 0) is 25.8 Å². The number of aryl methyl sites for hydroxylation is 2. The third kappa shape index (κ3) is 3.21. The van der Waals surface area contributed by atoms with Gasteiger partial charge in [-0.15, -0.1) is 0 Å². The van der Waals surface area contributed by atoms with Crippen molar-refractivity contribution in [1.29, 1.82) is 0 Å². The van der Waals surface area contributed by atoms with E-state index in [1.807, 2.05) is 24.9 Å². The smallest absolute Gasteiger partial charge is 0.230 e. The SMILES string of the molecule is Cc1nn(C)c2cc(-c3noc(C4CCN(C(=O)C5CNC(=O)C5)CC4)n3)cnc12. The van der Waals surface area contributed by atoms with Gasteiger partial charge in [0.05, 0.1) is 17.1 Å². The quantitative estimate of drug-likeness (QED) is 0.689. The molecule has 0 radical (unpaired) electrons. The van der Waals surface area contributed by atoms with Crippen LogP contribution in [0, 0.1) is 12.8 Å². The first-order valence-electron chi connectivity index (χ1n) is 10.2. The maximum atomic E-state index is 12.6. The number of hydrogen-bond donors (Lipinski definition) is 1. The number of piperidine rings is 1. The van der Waals surface area contributed by atoms with Crippen LogP contribution in [0.4, 0.5) is 0 Å². The number of fused-ring (bicyclic) bond motifs is 1. The molecule has 1 unspecified atom stereocenters. The molecule has 5 heterocycles. The van der Waals surface area contributed by atoms with Crippen molar-refractivity contribution in [2.75, 3.05) is 19.6 Å². The second-order valence-electron chi connectivity index (χ2n) is 8.06. The van der Waals surface area contributed by atoms with Crippen LogP contribution in [0.3, 0.4) is 0 Å². The Balaban J connectivity index is 1.27. The predicted molar refractivity (Wildman–Crippen MR) is 106 cm³/mol. The van der Waals surface area contributed by atoms with E-state index in [9.17, 15) is 9.59 Å². The first-order valence-corrected chi connectivity index (χ1v) is 10.2. The summed E-state index contributed by atoms with van der Waals surface area (Å²) in [6.07, 6.45) is 3.56. The third-order valence-electron chi connectivity index (χ3n) is 6.04. The molecule has 0 saturated carbocycles. The van der Waals surface area contributed by atoms with Crippen LogP contribution in [0.2, 0.25) is 0 Å². The van der Waals surface area contributed by atoms with Crippen LogP contribution in [-0.4, -0.2) is 61.3 Å². The Hall–Kier alpha value is -3.30. The standard InChI is InChI=1S/C20H23N7O3/c1-11-17-15(26(2)24-11)7-13(9-22-17)18-23-19(30-25-18)12-3-5-27(6-4-12)20(29)14-8-16(28)21-10-14/h7,9,12,14H,3-6,8,10H2,1-2H3,(H,21,28). The summed E-state index contributed by atoms with van der Waals surface area (Å²) in [5.41, 5.74) is 3.45. The number of nitrogens with zero attached hydrogens (tertiary/aromatic N) is 6. The van der Waals surface area contributed by atoms with Gasteiger partial charge in [-0.1, -0.05) is 5.16 Å². The molecule has 2 aliphatic heterocycles. The summed E-state index contributed by atoms with van der Waals surface area (Å²) >= 11 is 0. The maximum absolute atomic E-state index is 12.6. The number of likely N-dealkylation sites (tertiary alicyclic amines) is 1. The maximum Gasteiger partial charge on any atom is 0.230 e. The minimum absolute atomic E-state index is 0.0458. The Kier molecular flexibility index (Phi) is 4.48. The predicted octanol–water partition coefficient (Wildman–Crippen LogP) is 1.17. The number of pyridine rings is 1. The minimum Gasteiger partial charge on any atom is -0.355 e. The summed E-state index contributed by atoms with van der Waals surface area (Å²) < 4.78 is 7.34. The van der Waals surface area contributed by atoms with E-state index in [0.29, 0.717) is 37.8 Å². The zero-order valence-corrected chi connectivity index (χ0v) is 17.0. The highest BCUT2D eigenvalue weighted by Crippen LogP contribution is 2.30. The third-order valence-corrected chi connectivity index (χ3v) is 6.04. The van der Waals surface area contributed by atoms with E-state index in [1.165, 1.54) is 0 Å². The van der Waals surface area contributed by atoms with Gasteiger partial charge in [0.25, 0.3) is 0 Å². The highest BCUT2D eigenvalue weighted by Gasteiger charge is 2.34. The fourth-order valence-corrected chi connectivity index (χ4v) is 4.33. The molecule has 3 aromatic rings. The molecular formula is C20H23N7O3. The second-order valence-corrected chi connectivity index (χ2v) is 8.06. The molecule has 2 amide bonds. The molecule has 0 bridgehead atoms. The molecule has 1 N–H and O–H groups in total. The number of aromatic nitrogens is 5. The molecular weight excluding hydrogens is 386 g/mol. The van der Waals surface area contributed by atoms with Crippen LogP contribution in [-0.2, 0) is 16.6 Å². The van der Waals surface area contributed by atoms with Gasteiger partial charge in [0.1, 0.15) is 5.52 Å². The molecule has 2 fully saturated rings. The Labute approximate surface area is 172 Å². The Morgan fingerprint density at radius 1 is 1.30 bits per heavy atom. The van der Waals surface area contributed by atoms with Gasteiger partial charge in [0.15, 0.2) is 0 Å². The first kappa shape index (κ1) is 18.7. The van der Waals surface area contributed by atoms with Gasteiger partial charge in [0, 0.05) is 50.8 Å². The lowest BCUT2D eigenvalue weighted by Crippen LogP contribution is -2.42. The van der Waals surface area contributed by atoms with Gasteiger partial charge < -0.3 is 14.7 Å². The van der Waals surface area contributed by atoms with Crippen molar-refractivity contribution in [3.63, 3.8) is 0 Å². The highest BCUT2D eigenvalue weighted by molar-refractivity contribution is 5.89. The lowest BCUT2D eigenvalue weighted by molar-refractivity contribution is -0.136. The molecule has 30 heavy (non-hydrogen) atoms. The van der Waals surface area contributed by atoms with E-state index in [4.69, 9.17) is 4.52 Å². The summed E-state index contributed by atoms with van der Waals surface area (Å²) in [6, 6.07) is 1.97. The summed E-state index contributed by atoms with van der Waals surface area (Å²) in [4.78, 5) is 34.9. The van der Waals surface area contributed by atoms with Gasteiger partial charge in [-0.3, -0.25) is 19.3 Å². The molecule has 3 aromatic heterocycles. The number of carbonyl (C=O) groups excluding carboxylic acids is 2. The number of hydrogen-bond acceptors (Lipinski definition) is 7. The molecule has 0 aliphatic carbocycles. The topological polar surface area (TPSA) is 119 Å². The van der Waals surface area contributed by atoms with Crippen molar-refractivity contribution in [2.24, 2.45) is 13.0 Å². The second kappa shape index (κ2) is 7.19. The fraction of sp³-hybridized carbons (Fsp3) is 0.500. The molecule has 5 rings (SSSR count). The summed E-state index contributed by atoms with van der Waals surface area (Å²) in [7, 11) is 1.88. The van der Waals surface area contributed by atoms with E-state index in [-0.39, 0.29) is 23.7 Å². The van der Waals surface area contributed by atoms with Crippen molar-refractivity contribution >= 4 is 22.8 Å². The van der Waals surface area contributed by atoms with Gasteiger partial charge in [-0.2, -0.15) is 10.1 Å². The molecule has 2 aliphatic rings. The zero-order chi connectivity index (χ0) is 20.8. The number of rotatable bonds is 3. The molecule has 0 aromatic carbocycles. The van der Waals surface area contributed by atoms with Crippen molar-refractivity contribution < 1.29 is 14.1 Å². The van der Waals surface area contributed by atoms with E-state index in [1.54, 1.807) is 10.9 Å². The van der Waals surface area contributed by atoms with Gasteiger partial charge >= 0.3 is 0 Å². The van der Waals surface area contributed by atoms with Crippen LogP contribution in [0.5, 0.6) is 0 Å². The number of carbonyl (C=O) groups is 2. The summed E-state index contributed by atoms with van der Waals surface area (Å²) in [6.45, 7) is 3.64. The molecule has 156 valence electrons. The summed E-state index contributed by atoms with van der Waals surface area (Å²) in [5, 5.41) is 11.3. The number of amides is 2. The first-order chi connectivity index (χ1) is 14.5. The Morgan fingerprint density at radius 3 is 2.83 bits per heavy atom. The Morgan fingerprint density at radius 2 is 2.10 bits per heavy atom. The van der Waals surface area contributed by atoms with E-state index in [2.05, 4.69) is 25.5 Å². The van der Waals surface area contributed by atoms with Crippen molar-refractivity contribution in [2.45, 2.75) is 32.1 Å². The Bertz CT molecular complexity index is 1130. The molecule has 10 heteroatoms. The van der Waals surface area contributed by atoms with Crippen LogP contribution >= 0.6 is 0 Å². The zero-order valence-electron chi connectivity index (χ0n) is 17.0. The number of nitrogens with one attached hydrogen (secondary N) is 1. The van der Waals surface area contributed by atoms with E-state index < -0.39 is 0 Å². The largest absolute Gasteiger partial charge is 0.355 e. The lowest BCUT2D eigenvalue weighted by atomic mass is 9.95. The molecule has 1 atom stereocenters. The average molecular weight is 409 g/mol. The van der Waals surface area contributed by atoms with Crippen molar-refractivity contribution in [3.8, 4) is 11.4 Å². The molecule has 10 nitrogen and oxygen atoms in total. The van der Waals surface area contributed by atoms with Gasteiger partial charge in [0.2, 0.25) is 23.5 Å². The van der Waals surface area contributed by atoms with Crippen LogP contribution in [0.1, 0.15) is 36.8 Å². The highest BCUT2D eigenvalue weighted by atomic mass is 16.5. The van der Waals surface area contributed by atoms with Crippen molar-refractivity contribution in [3.05, 3.63) is 23.8 Å². The summed E-state index contributed by atoms with van der Waals surface area (Å²) in [5.74, 6) is 0.999. The minimum atomic E-state index is -0.234. The van der Waals surface area contributed by atoms with Crippen molar-refractivity contribution in [1.82, 2.24) is 35.1 Å². The van der Waals surface area contributed by atoms with E-state index in [0.717, 1.165) is 35.1 Å². The van der Waals surface area contributed by atoms with Gasteiger partial charge in [-0.25, -0.2) is 0 Å². The molecule has 2 saturated heterocycles.